The van der Waals surface area contributed by atoms with Gasteiger partial charge in [-0.3, -0.25) is 4.79 Å². The van der Waals surface area contributed by atoms with Crippen molar-refractivity contribution >= 4 is 5.78 Å². The number of carbonyl (C=O) groups excluding carboxylic acids is 1. The Morgan fingerprint density at radius 1 is 1.67 bits per heavy atom. The highest BCUT2D eigenvalue weighted by Crippen LogP contribution is 2.07. The summed E-state index contributed by atoms with van der Waals surface area (Å²) in [6, 6.07) is 0. The van der Waals surface area contributed by atoms with Crippen LogP contribution in [0.4, 0.5) is 0 Å². The number of hydrogen-bond donors (Lipinski definition) is 1. The van der Waals surface area contributed by atoms with E-state index in [1.165, 1.54) is 0 Å². The molecule has 0 rings (SSSR count). The fourth-order valence-electron chi connectivity index (χ4n) is 1.09. The number of terminal acetylenes is 1. The van der Waals surface area contributed by atoms with E-state index < -0.39 is 0 Å². The van der Waals surface area contributed by atoms with Crippen LogP contribution in [0.3, 0.4) is 0 Å². The van der Waals surface area contributed by atoms with Gasteiger partial charge in [0.05, 0.1) is 0 Å². The van der Waals surface area contributed by atoms with Gasteiger partial charge in [0.2, 0.25) is 0 Å². The van der Waals surface area contributed by atoms with Crippen molar-refractivity contribution in [2.75, 3.05) is 6.54 Å². The predicted molar refractivity (Wildman–Crippen MR) is 50.5 cm³/mol. The van der Waals surface area contributed by atoms with Crippen molar-refractivity contribution < 1.29 is 4.79 Å². The second-order valence-corrected chi connectivity index (χ2v) is 2.86. The first kappa shape index (κ1) is 11.2. The Morgan fingerprint density at radius 2 is 2.33 bits per heavy atom. The fourth-order valence-corrected chi connectivity index (χ4v) is 1.09. The molecule has 12 heavy (non-hydrogen) atoms. The molecule has 0 aromatic heterocycles. The normalized spacial score (nSPS) is 12.1. The third-order valence-electron chi connectivity index (χ3n) is 1.98. The summed E-state index contributed by atoms with van der Waals surface area (Å²) in [5, 5.41) is 0. The predicted octanol–water partition coefficient (Wildman–Crippen LogP) is 1.34. The molecule has 0 radical (unpaired) electrons. The zero-order valence-electron chi connectivity index (χ0n) is 7.68. The number of nitrogens with two attached hydrogens (primary N) is 1. The minimum atomic E-state index is 0.0442. The van der Waals surface area contributed by atoms with Gasteiger partial charge >= 0.3 is 0 Å². The van der Waals surface area contributed by atoms with E-state index >= 15 is 0 Å². The standard InChI is InChI=1S/C10H17NO/c1-3-5-6-7-10(12)9(4-2)8-11/h1,9H,4-8,11H2,2H3. The molecule has 0 saturated heterocycles. The molecule has 0 aromatic rings. The Bertz CT molecular complexity index is 165. The highest BCUT2D eigenvalue weighted by molar-refractivity contribution is 5.81. The largest absolute Gasteiger partial charge is 0.330 e. The molecule has 2 nitrogen and oxygen atoms in total. The maximum atomic E-state index is 11.3. The molecule has 0 aliphatic rings. The van der Waals surface area contributed by atoms with Gasteiger partial charge in [0.15, 0.2) is 0 Å². The van der Waals surface area contributed by atoms with Gasteiger partial charge in [-0.25, -0.2) is 0 Å². The topological polar surface area (TPSA) is 43.1 Å². The van der Waals surface area contributed by atoms with Crippen molar-refractivity contribution in [3.8, 4) is 12.3 Å². The van der Waals surface area contributed by atoms with E-state index in [0.717, 1.165) is 12.8 Å². The summed E-state index contributed by atoms with van der Waals surface area (Å²) in [4.78, 5) is 11.3. The van der Waals surface area contributed by atoms with E-state index in [2.05, 4.69) is 5.92 Å². The first-order valence-electron chi connectivity index (χ1n) is 4.42. The van der Waals surface area contributed by atoms with Gasteiger partial charge in [0.25, 0.3) is 0 Å². The minimum absolute atomic E-state index is 0.0442. The molecule has 2 N–H and O–H groups in total. The highest BCUT2D eigenvalue weighted by atomic mass is 16.1. The van der Waals surface area contributed by atoms with Crippen LogP contribution in [0.2, 0.25) is 0 Å². The summed E-state index contributed by atoms with van der Waals surface area (Å²) >= 11 is 0. The Morgan fingerprint density at radius 3 is 2.75 bits per heavy atom. The number of rotatable bonds is 6. The Balaban J connectivity index is 3.63. The van der Waals surface area contributed by atoms with Crippen molar-refractivity contribution in [1.29, 1.82) is 0 Å². The molecule has 0 bridgehead atoms. The van der Waals surface area contributed by atoms with E-state index in [9.17, 15) is 4.79 Å². The third kappa shape index (κ3) is 4.15. The second kappa shape index (κ2) is 6.87. The van der Waals surface area contributed by atoms with Crippen molar-refractivity contribution in [2.24, 2.45) is 11.7 Å². The first-order chi connectivity index (χ1) is 5.76. The molecule has 0 saturated carbocycles. The second-order valence-electron chi connectivity index (χ2n) is 2.86. The Kier molecular flexibility index (Phi) is 6.41. The number of hydrogen-bond acceptors (Lipinski definition) is 2. The van der Waals surface area contributed by atoms with Crippen LogP contribution in [0.25, 0.3) is 0 Å². The molecule has 1 unspecified atom stereocenters. The molecule has 0 aromatic carbocycles. The number of carbonyl (C=O) groups is 1. The molecule has 0 aliphatic carbocycles. The van der Waals surface area contributed by atoms with E-state index in [0.29, 0.717) is 19.4 Å². The average molecular weight is 167 g/mol. The molecule has 0 heterocycles. The Hall–Kier alpha value is -0.810. The van der Waals surface area contributed by atoms with Crippen LogP contribution in [0.5, 0.6) is 0 Å². The van der Waals surface area contributed by atoms with Gasteiger partial charge in [-0.15, -0.1) is 12.3 Å². The van der Waals surface area contributed by atoms with E-state index in [1.807, 2.05) is 6.92 Å². The zero-order valence-corrected chi connectivity index (χ0v) is 7.68. The van der Waals surface area contributed by atoms with Gasteiger partial charge in [-0.1, -0.05) is 6.92 Å². The molecule has 2 heteroatoms. The van der Waals surface area contributed by atoms with E-state index in [1.54, 1.807) is 0 Å². The molecule has 0 fully saturated rings. The maximum absolute atomic E-state index is 11.3. The smallest absolute Gasteiger partial charge is 0.137 e. The van der Waals surface area contributed by atoms with Gasteiger partial charge < -0.3 is 5.73 Å². The Labute approximate surface area is 74.5 Å². The summed E-state index contributed by atoms with van der Waals surface area (Å²) < 4.78 is 0. The molecule has 68 valence electrons. The van der Waals surface area contributed by atoms with Gasteiger partial charge in [0, 0.05) is 25.3 Å². The van der Waals surface area contributed by atoms with Crippen molar-refractivity contribution in [2.45, 2.75) is 32.6 Å². The molecule has 0 amide bonds. The summed E-state index contributed by atoms with van der Waals surface area (Å²) in [6.45, 7) is 2.45. The van der Waals surface area contributed by atoms with Crippen LogP contribution < -0.4 is 5.73 Å². The summed E-state index contributed by atoms with van der Waals surface area (Å²) in [7, 11) is 0. The molecular formula is C10H17NO. The van der Waals surface area contributed by atoms with Crippen LogP contribution in [-0.4, -0.2) is 12.3 Å². The lowest BCUT2D eigenvalue weighted by atomic mass is 9.97. The average Bonchev–Trinajstić information content (AvgIpc) is 2.07. The summed E-state index contributed by atoms with van der Waals surface area (Å²) in [6.07, 6.45) is 7.98. The van der Waals surface area contributed by atoms with Gasteiger partial charge in [-0.2, -0.15) is 0 Å². The summed E-state index contributed by atoms with van der Waals surface area (Å²) in [5.74, 6) is 2.82. The quantitative estimate of drug-likeness (QED) is 0.479. The first-order valence-corrected chi connectivity index (χ1v) is 4.42. The molecule has 0 aliphatic heterocycles. The van der Waals surface area contributed by atoms with E-state index in [4.69, 9.17) is 12.2 Å². The van der Waals surface area contributed by atoms with Crippen LogP contribution in [0.1, 0.15) is 32.6 Å². The lowest BCUT2D eigenvalue weighted by molar-refractivity contribution is -0.122. The number of Topliss-reactive ketones (excluding diaryl/α,β-unsaturated/α-hetero) is 1. The fraction of sp³-hybridized carbons (Fsp3) is 0.700. The minimum Gasteiger partial charge on any atom is -0.330 e. The van der Waals surface area contributed by atoms with E-state index in [-0.39, 0.29) is 11.7 Å². The van der Waals surface area contributed by atoms with Gasteiger partial charge in [0.1, 0.15) is 5.78 Å². The van der Waals surface area contributed by atoms with Crippen molar-refractivity contribution in [3.63, 3.8) is 0 Å². The third-order valence-corrected chi connectivity index (χ3v) is 1.98. The van der Waals surface area contributed by atoms with Crippen LogP contribution >= 0.6 is 0 Å². The van der Waals surface area contributed by atoms with Crippen LogP contribution in [-0.2, 0) is 4.79 Å². The molecule has 1 atom stereocenters. The maximum Gasteiger partial charge on any atom is 0.137 e. The van der Waals surface area contributed by atoms with Gasteiger partial charge in [-0.05, 0) is 12.8 Å². The lowest BCUT2D eigenvalue weighted by Crippen LogP contribution is -2.22. The van der Waals surface area contributed by atoms with Crippen molar-refractivity contribution in [3.05, 3.63) is 0 Å². The lowest BCUT2D eigenvalue weighted by Gasteiger charge is -2.09. The molecular weight excluding hydrogens is 150 g/mol. The number of ketones is 1. The van der Waals surface area contributed by atoms with Crippen LogP contribution in [0, 0.1) is 18.3 Å². The van der Waals surface area contributed by atoms with Crippen LogP contribution in [0.15, 0.2) is 0 Å². The zero-order chi connectivity index (χ0) is 9.40. The molecule has 0 spiro atoms. The van der Waals surface area contributed by atoms with Crippen molar-refractivity contribution in [1.82, 2.24) is 0 Å². The monoisotopic (exact) mass is 167 g/mol. The number of unbranched alkanes of at least 4 members (excludes halogenated alkanes) is 1. The SMILES string of the molecule is C#CCCCC(=O)C(CC)CN. The summed E-state index contributed by atoms with van der Waals surface area (Å²) in [5.41, 5.74) is 5.43. The highest BCUT2D eigenvalue weighted by Gasteiger charge is 2.12.